The first-order chi connectivity index (χ1) is 11.2. The normalized spacial score (nSPS) is 11.5. The summed E-state index contributed by atoms with van der Waals surface area (Å²) in [5.41, 5.74) is 1.73. The lowest BCUT2D eigenvalue weighted by Gasteiger charge is -2.29. The number of aromatic nitrogens is 1. The molecular formula is C18H19N3O2. The molecule has 1 heterocycles. The molecule has 1 N–H and O–H groups in total. The molecule has 0 fully saturated rings. The molecule has 0 aliphatic rings. The fourth-order valence-corrected chi connectivity index (χ4v) is 2.28. The van der Waals surface area contributed by atoms with E-state index < -0.39 is 0 Å². The summed E-state index contributed by atoms with van der Waals surface area (Å²) < 4.78 is 0. The van der Waals surface area contributed by atoms with Crippen molar-refractivity contribution >= 4 is 5.91 Å². The van der Waals surface area contributed by atoms with Gasteiger partial charge in [-0.25, -0.2) is 4.98 Å². The van der Waals surface area contributed by atoms with Gasteiger partial charge in [0.05, 0.1) is 5.56 Å². The molecule has 2 rings (SSSR count). The number of rotatable bonds is 6. The van der Waals surface area contributed by atoms with Crippen molar-refractivity contribution in [3.63, 3.8) is 0 Å². The number of amides is 1. The monoisotopic (exact) mass is 309 g/mol. The summed E-state index contributed by atoms with van der Waals surface area (Å²) in [4.78, 5) is 18.5. The van der Waals surface area contributed by atoms with Crippen LogP contribution in [0.4, 0.5) is 0 Å². The highest BCUT2D eigenvalue weighted by molar-refractivity contribution is 5.92. The fraction of sp³-hybridized carbons (Fsp3) is 0.278. The second-order valence-corrected chi connectivity index (χ2v) is 5.32. The third kappa shape index (κ3) is 4.38. The molecule has 0 unspecified atom stereocenters. The molecule has 5 heteroatoms. The molecule has 0 aliphatic heterocycles. The number of hydrogen-bond donors (Lipinski definition) is 1. The van der Waals surface area contributed by atoms with Gasteiger partial charge in [0, 0.05) is 25.4 Å². The van der Waals surface area contributed by atoms with Crippen LogP contribution in [0.3, 0.4) is 0 Å². The molecule has 0 saturated carbocycles. The van der Waals surface area contributed by atoms with Crippen LogP contribution in [-0.2, 0) is 6.54 Å². The molecular weight excluding hydrogens is 290 g/mol. The number of aliphatic hydroxyl groups is 1. The third-order valence-corrected chi connectivity index (χ3v) is 3.65. The highest BCUT2D eigenvalue weighted by atomic mass is 16.3. The Labute approximate surface area is 135 Å². The van der Waals surface area contributed by atoms with Gasteiger partial charge >= 0.3 is 0 Å². The Balaban J connectivity index is 2.24. The second kappa shape index (κ2) is 8.06. The number of aliphatic hydroxyl groups excluding tert-OH is 1. The van der Waals surface area contributed by atoms with Gasteiger partial charge in [-0.2, -0.15) is 5.26 Å². The summed E-state index contributed by atoms with van der Waals surface area (Å²) in [7, 11) is 0. The topological polar surface area (TPSA) is 77.2 Å². The van der Waals surface area contributed by atoms with Gasteiger partial charge in [-0.05, 0) is 31.0 Å². The van der Waals surface area contributed by atoms with Gasteiger partial charge in [-0.1, -0.05) is 30.3 Å². The van der Waals surface area contributed by atoms with E-state index in [9.17, 15) is 9.90 Å². The number of benzene rings is 1. The lowest BCUT2D eigenvalue weighted by molar-refractivity contribution is 0.0642. The van der Waals surface area contributed by atoms with Gasteiger partial charge < -0.3 is 10.0 Å². The number of nitriles is 1. The predicted molar refractivity (Wildman–Crippen MR) is 86.4 cm³/mol. The van der Waals surface area contributed by atoms with Gasteiger partial charge in [0.25, 0.3) is 5.91 Å². The van der Waals surface area contributed by atoms with Crippen molar-refractivity contribution in [2.45, 2.75) is 25.9 Å². The Morgan fingerprint density at radius 1 is 1.30 bits per heavy atom. The molecule has 1 aromatic carbocycles. The van der Waals surface area contributed by atoms with Crippen LogP contribution in [0.25, 0.3) is 0 Å². The fourth-order valence-electron chi connectivity index (χ4n) is 2.28. The smallest absolute Gasteiger partial charge is 0.272 e. The van der Waals surface area contributed by atoms with Gasteiger partial charge in [0.1, 0.15) is 11.8 Å². The van der Waals surface area contributed by atoms with Crippen molar-refractivity contribution in [2.75, 3.05) is 6.61 Å². The summed E-state index contributed by atoms with van der Waals surface area (Å²) in [5, 5.41) is 18.0. The first kappa shape index (κ1) is 16.7. The largest absolute Gasteiger partial charge is 0.396 e. The standard InChI is InChI=1S/C18H19N3O2/c1-14(9-10-22)21(13-15-5-3-2-4-6-15)18(23)17-8-7-16(11-19)12-20-17/h2-8,12,14,22H,9-10,13H2,1H3/t14-/m1/s1. The summed E-state index contributed by atoms with van der Waals surface area (Å²) >= 11 is 0. The van der Waals surface area contributed by atoms with Crippen LogP contribution in [0.15, 0.2) is 48.7 Å². The van der Waals surface area contributed by atoms with E-state index in [1.807, 2.05) is 43.3 Å². The maximum absolute atomic E-state index is 12.8. The zero-order valence-electron chi connectivity index (χ0n) is 13.0. The maximum Gasteiger partial charge on any atom is 0.272 e. The van der Waals surface area contributed by atoms with E-state index in [2.05, 4.69) is 4.98 Å². The Kier molecular flexibility index (Phi) is 5.84. The van der Waals surface area contributed by atoms with E-state index >= 15 is 0 Å². The number of nitrogens with zero attached hydrogens (tertiary/aromatic N) is 3. The minimum absolute atomic E-state index is 0.0144. The van der Waals surface area contributed by atoms with Gasteiger partial charge in [-0.3, -0.25) is 4.79 Å². The van der Waals surface area contributed by atoms with Crippen molar-refractivity contribution in [1.82, 2.24) is 9.88 Å². The van der Waals surface area contributed by atoms with E-state index in [-0.39, 0.29) is 18.6 Å². The lowest BCUT2D eigenvalue weighted by Crippen LogP contribution is -2.39. The van der Waals surface area contributed by atoms with E-state index in [1.54, 1.807) is 17.0 Å². The van der Waals surface area contributed by atoms with E-state index in [0.29, 0.717) is 24.2 Å². The Hall–Kier alpha value is -2.71. The summed E-state index contributed by atoms with van der Waals surface area (Å²) in [6, 6.07) is 14.7. The minimum Gasteiger partial charge on any atom is -0.396 e. The van der Waals surface area contributed by atoms with Gasteiger partial charge in [0.2, 0.25) is 0 Å². The molecule has 2 aromatic rings. The SMILES string of the molecule is C[C@H](CCO)N(Cc1ccccc1)C(=O)c1ccc(C#N)cn1. The highest BCUT2D eigenvalue weighted by Crippen LogP contribution is 2.14. The molecule has 1 aromatic heterocycles. The van der Waals surface area contributed by atoms with Crippen LogP contribution in [0.5, 0.6) is 0 Å². The minimum atomic E-state index is -0.209. The van der Waals surface area contributed by atoms with Crippen LogP contribution in [0, 0.1) is 11.3 Å². The van der Waals surface area contributed by atoms with E-state index in [0.717, 1.165) is 5.56 Å². The number of hydrogen-bond acceptors (Lipinski definition) is 4. The highest BCUT2D eigenvalue weighted by Gasteiger charge is 2.22. The predicted octanol–water partition coefficient (Wildman–Crippen LogP) is 2.37. The van der Waals surface area contributed by atoms with Crippen molar-refractivity contribution in [2.24, 2.45) is 0 Å². The molecule has 0 bridgehead atoms. The quantitative estimate of drug-likeness (QED) is 0.888. The average Bonchev–Trinajstić information content (AvgIpc) is 2.60. The molecule has 0 aliphatic carbocycles. The van der Waals surface area contributed by atoms with Crippen molar-refractivity contribution in [3.05, 3.63) is 65.5 Å². The molecule has 5 nitrogen and oxygen atoms in total. The molecule has 118 valence electrons. The van der Waals surface area contributed by atoms with E-state index in [4.69, 9.17) is 5.26 Å². The van der Waals surface area contributed by atoms with Crippen molar-refractivity contribution in [3.8, 4) is 6.07 Å². The molecule has 1 amide bonds. The average molecular weight is 309 g/mol. The Bertz CT molecular complexity index is 678. The summed E-state index contributed by atoms with van der Waals surface area (Å²) in [6.45, 7) is 2.36. The zero-order valence-corrected chi connectivity index (χ0v) is 13.0. The van der Waals surface area contributed by atoms with Crippen molar-refractivity contribution < 1.29 is 9.90 Å². The Morgan fingerprint density at radius 3 is 2.61 bits per heavy atom. The first-order valence-electron chi connectivity index (χ1n) is 7.47. The number of carbonyl (C=O) groups is 1. The summed E-state index contributed by atoms with van der Waals surface area (Å²) in [5.74, 6) is -0.209. The van der Waals surface area contributed by atoms with Crippen LogP contribution in [0.2, 0.25) is 0 Å². The van der Waals surface area contributed by atoms with Crippen molar-refractivity contribution in [1.29, 1.82) is 5.26 Å². The molecule has 0 saturated heterocycles. The van der Waals surface area contributed by atoms with Gasteiger partial charge in [0.15, 0.2) is 0 Å². The molecule has 23 heavy (non-hydrogen) atoms. The maximum atomic E-state index is 12.8. The molecule has 0 spiro atoms. The Morgan fingerprint density at radius 2 is 2.04 bits per heavy atom. The number of carbonyl (C=O) groups excluding carboxylic acids is 1. The zero-order chi connectivity index (χ0) is 16.7. The summed E-state index contributed by atoms with van der Waals surface area (Å²) in [6.07, 6.45) is 1.89. The molecule has 1 atom stereocenters. The van der Waals surface area contributed by atoms with Crippen LogP contribution < -0.4 is 0 Å². The van der Waals surface area contributed by atoms with Crippen LogP contribution in [-0.4, -0.2) is 33.5 Å². The lowest BCUT2D eigenvalue weighted by atomic mass is 10.1. The van der Waals surface area contributed by atoms with Gasteiger partial charge in [-0.15, -0.1) is 0 Å². The first-order valence-corrected chi connectivity index (χ1v) is 7.47. The van der Waals surface area contributed by atoms with E-state index in [1.165, 1.54) is 6.20 Å². The van der Waals surface area contributed by atoms with Crippen LogP contribution in [0.1, 0.15) is 35.0 Å². The van der Waals surface area contributed by atoms with Crippen LogP contribution >= 0.6 is 0 Å². The number of pyridine rings is 1. The third-order valence-electron chi connectivity index (χ3n) is 3.65. The second-order valence-electron chi connectivity index (χ2n) is 5.32. The molecule has 0 radical (unpaired) electrons.